The fourth-order valence-corrected chi connectivity index (χ4v) is 8.36. The zero-order valence-electron chi connectivity index (χ0n) is 37.2. The Morgan fingerprint density at radius 1 is 0.823 bits per heavy atom. The van der Waals surface area contributed by atoms with Crippen LogP contribution in [-0.2, 0) is 36.7 Å². The number of benzene rings is 3. The van der Waals surface area contributed by atoms with E-state index in [2.05, 4.69) is 16.0 Å². The molecular formula is C49H62N4O9. The van der Waals surface area contributed by atoms with Gasteiger partial charge in [0, 0.05) is 66.8 Å². The van der Waals surface area contributed by atoms with E-state index >= 15 is 0 Å². The molecule has 2 fully saturated rings. The number of rotatable bonds is 12. The van der Waals surface area contributed by atoms with E-state index in [9.17, 15) is 28.8 Å². The summed E-state index contributed by atoms with van der Waals surface area (Å²) in [5, 5.41) is 8.97. The Morgan fingerprint density at radius 3 is 2.15 bits per heavy atom. The van der Waals surface area contributed by atoms with Gasteiger partial charge in [-0.1, -0.05) is 36.4 Å². The normalized spacial score (nSPS) is 18.5. The summed E-state index contributed by atoms with van der Waals surface area (Å²) >= 11 is 0. The van der Waals surface area contributed by atoms with E-state index in [4.69, 9.17) is 14.2 Å². The summed E-state index contributed by atoms with van der Waals surface area (Å²) in [5.74, 6) is -0.890. The van der Waals surface area contributed by atoms with Crippen molar-refractivity contribution in [2.75, 3.05) is 25.0 Å². The Morgan fingerprint density at radius 2 is 1.50 bits per heavy atom. The van der Waals surface area contributed by atoms with Crippen LogP contribution >= 0.6 is 0 Å². The zero-order valence-corrected chi connectivity index (χ0v) is 37.2. The molecule has 3 aliphatic rings. The number of aryl methyl sites for hydroxylation is 1. The van der Waals surface area contributed by atoms with Gasteiger partial charge in [0.1, 0.15) is 22.7 Å². The quantitative estimate of drug-likeness (QED) is 0.120. The molecule has 332 valence electrons. The number of fused-ring (bicyclic) bond motifs is 1. The molecule has 13 heteroatoms. The van der Waals surface area contributed by atoms with Crippen LogP contribution in [0.3, 0.4) is 0 Å². The number of piperidine rings is 1. The molecule has 0 radical (unpaired) electrons. The molecule has 6 rings (SSSR count). The summed E-state index contributed by atoms with van der Waals surface area (Å²) in [6.45, 7) is 14.5. The Kier molecular flexibility index (Phi) is 14.4. The molecule has 1 aliphatic carbocycles. The van der Waals surface area contributed by atoms with Crippen molar-refractivity contribution in [1.82, 2.24) is 15.5 Å². The lowest BCUT2D eigenvalue weighted by atomic mass is 9.77. The van der Waals surface area contributed by atoms with Crippen LogP contribution in [-0.4, -0.2) is 77.5 Å². The number of alkyl carbamates (subject to hydrolysis) is 1. The lowest BCUT2D eigenvalue weighted by Gasteiger charge is -2.33. The Bertz CT molecular complexity index is 2140. The fraction of sp³-hybridized carbons (Fsp3) is 0.510. The molecule has 13 nitrogen and oxygen atoms in total. The lowest BCUT2D eigenvalue weighted by Crippen LogP contribution is -2.47. The van der Waals surface area contributed by atoms with Crippen LogP contribution in [0.1, 0.15) is 114 Å². The average molecular weight is 851 g/mol. The molecule has 3 aromatic rings. The number of esters is 1. The number of nitrogens with zero attached hydrogens (tertiary/aromatic N) is 1. The Labute approximate surface area is 365 Å². The van der Waals surface area contributed by atoms with Crippen LogP contribution in [0.25, 0.3) is 11.1 Å². The number of anilines is 1. The second-order valence-corrected chi connectivity index (χ2v) is 19.1. The SMILES string of the molecule is Cc1cc(C(=O)NC2CCN(C(=O)OC(C)(C)C)CC2)ccc1-c1ccc(C[C@H](CC(=O)C2CCC(CNC(=O)OC(C)(C)C)CC2)C(=O)Nc2ccc3c(c2)OC(=O)C3)cc1. The molecule has 0 bridgehead atoms. The second-order valence-electron chi connectivity index (χ2n) is 19.1. The predicted molar refractivity (Wildman–Crippen MR) is 236 cm³/mol. The number of likely N-dealkylation sites (tertiary alicyclic amines) is 1. The van der Waals surface area contributed by atoms with Gasteiger partial charge >= 0.3 is 18.2 Å². The molecular weight excluding hydrogens is 789 g/mol. The highest BCUT2D eigenvalue weighted by Gasteiger charge is 2.32. The number of ketones is 1. The highest BCUT2D eigenvalue weighted by Crippen LogP contribution is 2.33. The van der Waals surface area contributed by atoms with E-state index in [0.29, 0.717) is 68.7 Å². The number of amides is 4. The van der Waals surface area contributed by atoms with Crippen molar-refractivity contribution in [3.8, 4) is 16.9 Å². The summed E-state index contributed by atoms with van der Waals surface area (Å²) in [5.41, 5.74) is 4.43. The number of Topliss-reactive ketones (excluding diaryl/α,β-unsaturated/α-hetero) is 1. The van der Waals surface area contributed by atoms with Gasteiger partial charge in [-0.05, 0) is 140 Å². The van der Waals surface area contributed by atoms with Crippen LogP contribution in [0.4, 0.5) is 15.3 Å². The molecule has 1 atom stereocenters. The maximum absolute atomic E-state index is 14.0. The monoisotopic (exact) mass is 850 g/mol. The Balaban J connectivity index is 1.07. The van der Waals surface area contributed by atoms with Gasteiger partial charge in [-0.25, -0.2) is 9.59 Å². The average Bonchev–Trinajstić information content (AvgIpc) is 3.58. The Hall–Kier alpha value is -5.72. The molecule has 62 heavy (non-hydrogen) atoms. The third-order valence-electron chi connectivity index (χ3n) is 11.7. The first-order valence-electron chi connectivity index (χ1n) is 21.9. The maximum Gasteiger partial charge on any atom is 0.410 e. The molecule has 1 saturated carbocycles. The van der Waals surface area contributed by atoms with Crippen LogP contribution in [0.5, 0.6) is 5.75 Å². The number of nitrogens with one attached hydrogen (secondary N) is 3. The first kappa shape index (κ1) is 45.8. The molecule has 3 aromatic carbocycles. The molecule has 1 saturated heterocycles. The highest BCUT2D eigenvalue weighted by molar-refractivity contribution is 5.97. The molecule has 0 aromatic heterocycles. The molecule has 0 spiro atoms. The predicted octanol–water partition coefficient (Wildman–Crippen LogP) is 8.34. The first-order chi connectivity index (χ1) is 29.3. The number of hydrogen-bond donors (Lipinski definition) is 3. The van der Waals surface area contributed by atoms with Crippen molar-refractivity contribution in [1.29, 1.82) is 0 Å². The van der Waals surface area contributed by atoms with Gasteiger partial charge in [0.05, 0.1) is 6.42 Å². The maximum atomic E-state index is 14.0. The summed E-state index contributed by atoms with van der Waals surface area (Å²) in [7, 11) is 0. The molecule has 2 heterocycles. The number of carbonyl (C=O) groups excluding carboxylic acids is 6. The molecule has 4 amide bonds. The summed E-state index contributed by atoms with van der Waals surface area (Å²) in [6.07, 6.45) is 4.07. The van der Waals surface area contributed by atoms with Gasteiger partial charge in [0.25, 0.3) is 5.91 Å². The van der Waals surface area contributed by atoms with Gasteiger partial charge in [-0.3, -0.25) is 19.2 Å². The van der Waals surface area contributed by atoms with Crippen molar-refractivity contribution >= 4 is 41.4 Å². The third kappa shape index (κ3) is 12.9. The zero-order chi connectivity index (χ0) is 44.8. The third-order valence-corrected chi connectivity index (χ3v) is 11.7. The van der Waals surface area contributed by atoms with Crippen molar-refractivity contribution in [3.63, 3.8) is 0 Å². The van der Waals surface area contributed by atoms with Crippen molar-refractivity contribution in [3.05, 3.63) is 82.9 Å². The smallest absolute Gasteiger partial charge is 0.410 e. The van der Waals surface area contributed by atoms with E-state index in [1.165, 1.54) is 0 Å². The van der Waals surface area contributed by atoms with E-state index in [1.807, 2.05) is 90.9 Å². The van der Waals surface area contributed by atoms with Gasteiger partial charge < -0.3 is 35.1 Å². The summed E-state index contributed by atoms with van der Waals surface area (Å²) in [6, 6.07) is 18.7. The van der Waals surface area contributed by atoms with Crippen LogP contribution in [0, 0.1) is 24.7 Å². The first-order valence-corrected chi connectivity index (χ1v) is 21.9. The molecule has 0 unspecified atom stereocenters. The van der Waals surface area contributed by atoms with Crippen molar-refractivity contribution in [2.24, 2.45) is 17.8 Å². The summed E-state index contributed by atoms with van der Waals surface area (Å²) < 4.78 is 16.2. The van der Waals surface area contributed by atoms with Crippen molar-refractivity contribution in [2.45, 2.75) is 123 Å². The van der Waals surface area contributed by atoms with Crippen molar-refractivity contribution < 1.29 is 43.0 Å². The number of hydrogen-bond acceptors (Lipinski definition) is 9. The van der Waals surface area contributed by atoms with E-state index in [1.54, 1.807) is 23.1 Å². The molecule has 2 aliphatic heterocycles. The minimum Gasteiger partial charge on any atom is -0.444 e. The summed E-state index contributed by atoms with van der Waals surface area (Å²) in [4.78, 5) is 79.2. The minimum absolute atomic E-state index is 0.0437. The van der Waals surface area contributed by atoms with Crippen LogP contribution in [0.2, 0.25) is 0 Å². The van der Waals surface area contributed by atoms with Crippen LogP contribution < -0.4 is 20.7 Å². The number of ether oxygens (including phenoxy) is 3. The van der Waals surface area contributed by atoms with Gasteiger partial charge in [0.15, 0.2) is 0 Å². The van der Waals surface area contributed by atoms with E-state index < -0.39 is 23.2 Å². The van der Waals surface area contributed by atoms with Gasteiger partial charge in [-0.15, -0.1) is 0 Å². The largest absolute Gasteiger partial charge is 0.444 e. The standard InChI is InChI=1S/C49H62N4O9/c1-30-24-36(44(56)51-38-20-22-53(23-21-38)47(59)62-49(5,6)7)17-19-40(30)33-12-8-31(9-13-33)25-37(45(57)52-39-18-16-35-27-43(55)60-42(35)28-39)26-41(54)34-14-10-32(11-15-34)29-50-46(58)61-48(2,3)4/h8-9,12-13,16-19,24,28,32,34,37-38H,10-11,14-15,20-23,25-27,29H2,1-7H3,(H,50,58)(H,51,56)(H,52,57)/t32?,34?,37-/m1/s1. The highest BCUT2D eigenvalue weighted by atomic mass is 16.6. The lowest BCUT2D eigenvalue weighted by molar-refractivity contribution is -0.132. The second kappa shape index (κ2) is 19.5. The topological polar surface area (TPSA) is 169 Å². The van der Waals surface area contributed by atoms with Gasteiger partial charge in [0.2, 0.25) is 5.91 Å². The number of carbonyl (C=O) groups is 6. The fourth-order valence-electron chi connectivity index (χ4n) is 8.36. The van der Waals surface area contributed by atoms with Crippen LogP contribution in [0.15, 0.2) is 60.7 Å². The molecule has 3 N–H and O–H groups in total. The van der Waals surface area contributed by atoms with Gasteiger partial charge in [-0.2, -0.15) is 0 Å². The minimum atomic E-state index is -0.653. The van der Waals surface area contributed by atoms with E-state index in [0.717, 1.165) is 40.7 Å². The van der Waals surface area contributed by atoms with E-state index in [-0.39, 0.29) is 60.4 Å².